The topological polar surface area (TPSA) is 81.9 Å². The summed E-state index contributed by atoms with van der Waals surface area (Å²) >= 11 is 0. The third-order valence-corrected chi connectivity index (χ3v) is 10.0. The van der Waals surface area contributed by atoms with Crippen molar-refractivity contribution in [1.82, 2.24) is 14.8 Å². The van der Waals surface area contributed by atoms with Gasteiger partial charge in [0.15, 0.2) is 15.6 Å². The largest absolute Gasteiger partial charge is 0.291 e. The number of carbonyl (C=O) groups excluding carboxylic acids is 1. The summed E-state index contributed by atoms with van der Waals surface area (Å²) in [6, 6.07) is 18.2. The van der Waals surface area contributed by atoms with Crippen LogP contribution in [0.2, 0.25) is 0 Å². The molecule has 1 fully saturated rings. The van der Waals surface area contributed by atoms with Crippen molar-refractivity contribution in [2.24, 2.45) is 5.41 Å². The zero-order valence-corrected chi connectivity index (χ0v) is 21.7. The van der Waals surface area contributed by atoms with Crippen molar-refractivity contribution in [3.05, 3.63) is 113 Å². The molecular weight excluding hydrogens is 501 g/mol. The van der Waals surface area contributed by atoms with Gasteiger partial charge in [-0.15, -0.1) is 0 Å². The first-order valence-electron chi connectivity index (χ1n) is 12.6. The summed E-state index contributed by atoms with van der Waals surface area (Å²) in [7, 11) is -3.66. The Labute approximate surface area is 220 Å². The van der Waals surface area contributed by atoms with Crippen molar-refractivity contribution < 1.29 is 17.6 Å². The first-order valence-corrected chi connectivity index (χ1v) is 14.1. The second kappa shape index (κ2) is 9.13. The zero-order valence-electron chi connectivity index (χ0n) is 20.8. The van der Waals surface area contributed by atoms with E-state index in [4.69, 9.17) is 0 Å². The summed E-state index contributed by atoms with van der Waals surface area (Å²) in [4.78, 5) is 18.8. The van der Waals surface area contributed by atoms with E-state index in [1.807, 2.05) is 13.0 Å². The summed E-state index contributed by atoms with van der Waals surface area (Å²) in [5.41, 5.74) is 3.53. The maximum absolute atomic E-state index is 14.2. The molecule has 2 aromatic carbocycles. The summed E-state index contributed by atoms with van der Waals surface area (Å²) in [5, 5.41) is 3.84. The van der Waals surface area contributed by atoms with E-state index in [0.717, 1.165) is 22.4 Å². The van der Waals surface area contributed by atoms with E-state index in [-0.39, 0.29) is 22.9 Å². The molecule has 0 amide bonds. The molecule has 0 spiro atoms. The SMILES string of the molecule is Cc1ccc(S(=O)(=O)[C@@H]2CCC3=Cc4c(cnn4-c4ccc(F)cc4)C[C@]3(C(=O)c3ccccn3)C2)cc1. The number of Topliss-reactive ketones (excluding diaryl/α,β-unsaturated/α-hetero) is 1. The minimum Gasteiger partial charge on any atom is -0.291 e. The number of hydrogen-bond acceptors (Lipinski definition) is 5. The minimum atomic E-state index is -3.66. The quantitative estimate of drug-likeness (QED) is 0.318. The van der Waals surface area contributed by atoms with E-state index in [2.05, 4.69) is 10.1 Å². The highest BCUT2D eigenvalue weighted by molar-refractivity contribution is 7.92. The highest BCUT2D eigenvalue weighted by Crippen LogP contribution is 2.51. The standard InChI is InChI=1S/C30H26FN3O3S/c1-20-5-12-25(13-6-20)38(36,37)26-14-7-22-16-28-21(19-33-34(28)24-10-8-23(31)9-11-24)17-30(22,18-26)29(35)27-4-2-3-15-32-27/h2-6,8-13,15-16,19,26H,7,14,17-18H2,1H3/t26-,30+/m1/s1. The first kappa shape index (κ1) is 24.4. The van der Waals surface area contributed by atoms with E-state index >= 15 is 0 Å². The number of halogens is 1. The van der Waals surface area contributed by atoms with Crippen LogP contribution in [0.1, 0.15) is 46.6 Å². The second-order valence-electron chi connectivity index (χ2n) is 10.1. The molecule has 192 valence electrons. The monoisotopic (exact) mass is 527 g/mol. The smallest absolute Gasteiger partial charge is 0.191 e. The van der Waals surface area contributed by atoms with Crippen molar-refractivity contribution >= 4 is 21.7 Å². The molecule has 6 rings (SSSR count). The number of pyridine rings is 1. The average molecular weight is 528 g/mol. The van der Waals surface area contributed by atoms with Gasteiger partial charge < -0.3 is 0 Å². The van der Waals surface area contributed by atoms with Crippen LogP contribution < -0.4 is 0 Å². The van der Waals surface area contributed by atoms with Gasteiger partial charge >= 0.3 is 0 Å². The third-order valence-electron chi connectivity index (χ3n) is 7.81. The molecule has 2 aliphatic rings. The highest BCUT2D eigenvalue weighted by Gasteiger charge is 2.52. The number of fused-ring (bicyclic) bond motifs is 2. The molecular formula is C30H26FN3O3S. The molecule has 0 N–H and O–H groups in total. The number of aryl methyl sites for hydroxylation is 1. The number of benzene rings is 2. The lowest BCUT2D eigenvalue weighted by atomic mass is 9.61. The first-order chi connectivity index (χ1) is 18.3. The Morgan fingerprint density at radius 3 is 2.53 bits per heavy atom. The molecule has 2 atom stereocenters. The summed E-state index contributed by atoms with van der Waals surface area (Å²) in [6.45, 7) is 1.92. The Morgan fingerprint density at radius 2 is 1.82 bits per heavy atom. The van der Waals surface area contributed by atoms with E-state index in [9.17, 15) is 17.6 Å². The zero-order chi connectivity index (χ0) is 26.5. The fourth-order valence-corrected chi connectivity index (χ4v) is 7.61. The van der Waals surface area contributed by atoms with Crippen LogP contribution in [0.3, 0.4) is 0 Å². The van der Waals surface area contributed by atoms with Gasteiger partial charge in [0.2, 0.25) is 0 Å². The van der Waals surface area contributed by atoms with Crippen LogP contribution in [0.5, 0.6) is 0 Å². The van der Waals surface area contributed by atoms with Crippen LogP contribution in [-0.2, 0) is 16.3 Å². The Hall–Kier alpha value is -3.91. The number of carbonyl (C=O) groups is 1. The fraction of sp³-hybridized carbons (Fsp3) is 0.233. The minimum absolute atomic E-state index is 0.172. The van der Waals surface area contributed by atoms with Crippen LogP contribution in [0.15, 0.2) is 89.6 Å². The summed E-state index contributed by atoms with van der Waals surface area (Å²) in [6.07, 6.45) is 6.65. The van der Waals surface area contributed by atoms with Crippen molar-refractivity contribution in [2.75, 3.05) is 0 Å². The predicted octanol–water partition coefficient (Wildman–Crippen LogP) is 5.55. The van der Waals surface area contributed by atoms with E-state index < -0.39 is 20.5 Å². The summed E-state index contributed by atoms with van der Waals surface area (Å²) < 4.78 is 42.8. The maximum atomic E-state index is 14.2. The fourth-order valence-electron chi connectivity index (χ4n) is 5.78. The molecule has 2 aliphatic carbocycles. The maximum Gasteiger partial charge on any atom is 0.191 e. The molecule has 0 unspecified atom stereocenters. The van der Waals surface area contributed by atoms with Crippen LogP contribution in [0.4, 0.5) is 4.39 Å². The number of hydrogen-bond donors (Lipinski definition) is 0. The van der Waals surface area contributed by atoms with Gasteiger partial charge in [-0.3, -0.25) is 9.78 Å². The molecule has 1 saturated carbocycles. The van der Waals surface area contributed by atoms with Crippen molar-refractivity contribution in [3.8, 4) is 5.69 Å². The van der Waals surface area contributed by atoms with Crippen molar-refractivity contribution in [3.63, 3.8) is 0 Å². The van der Waals surface area contributed by atoms with Crippen molar-refractivity contribution in [1.29, 1.82) is 0 Å². The number of allylic oxidation sites excluding steroid dienone is 1. The Kier molecular flexibility index (Phi) is 5.87. The molecule has 38 heavy (non-hydrogen) atoms. The van der Waals surface area contributed by atoms with Gasteiger partial charge in [-0.1, -0.05) is 29.3 Å². The Balaban J connectivity index is 1.45. The average Bonchev–Trinajstić information content (AvgIpc) is 3.34. The number of aromatic nitrogens is 3. The third kappa shape index (κ3) is 4.00. The predicted molar refractivity (Wildman–Crippen MR) is 142 cm³/mol. The lowest BCUT2D eigenvalue weighted by Gasteiger charge is -2.43. The van der Waals surface area contributed by atoms with Gasteiger partial charge in [0.05, 0.1) is 33.1 Å². The van der Waals surface area contributed by atoms with Crippen molar-refractivity contribution in [2.45, 2.75) is 42.8 Å². The van der Waals surface area contributed by atoms with Crippen LogP contribution >= 0.6 is 0 Å². The van der Waals surface area contributed by atoms with Gasteiger partial charge in [-0.25, -0.2) is 17.5 Å². The van der Waals surface area contributed by atoms with E-state index in [1.54, 1.807) is 71.7 Å². The molecule has 0 saturated heterocycles. The van der Waals surface area contributed by atoms with Gasteiger partial charge in [0, 0.05) is 6.20 Å². The van der Waals surface area contributed by atoms with Crippen LogP contribution in [0, 0.1) is 18.2 Å². The normalized spacial score (nSPS) is 20.8. The molecule has 2 aromatic heterocycles. The van der Waals surface area contributed by atoms with E-state index in [0.29, 0.717) is 30.6 Å². The molecule has 8 heteroatoms. The van der Waals surface area contributed by atoms with Gasteiger partial charge in [-0.2, -0.15) is 5.10 Å². The molecule has 2 heterocycles. The van der Waals surface area contributed by atoms with Gasteiger partial charge in [0.25, 0.3) is 0 Å². The number of ketones is 1. The second-order valence-corrected chi connectivity index (χ2v) is 12.4. The molecule has 4 aromatic rings. The molecule has 0 bridgehead atoms. The van der Waals surface area contributed by atoms with Crippen LogP contribution in [0.25, 0.3) is 11.8 Å². The summed E-state index contributed by atoms with van der Waals surface area (Å²) in [5.74, 6) is -0.505. The highest BCUT2D eigenvalue weighted by atomic mass is 32.2. The Bertz CT molecular complexity index is 1660. The Morgan fingerprint density at radius 1 is 1.05 bits per heavy atom. The van der Waals surface area contributed by atoms with Gasteiger partial charge in [0.1, 0.15) is 11.5 Å². The van der Waals surface area contributed by atoms with E-state index in [1.165, 1.54) is 12.1 Å². The molecule has 0 aliphatic heterocycles. The number of nitrogens with zero attached hydrogens (tertiary/aromatic N) is 3. The molecule has 6 nitrogen and oxygen atoms in total. The number of sulfone groups is 1. The molecule has 0 radical (unpaired) electrons. The number of rotatable bonds is 5. The van der Waals surface area contributed by atoms with Gasteiger partial charge in [-0.05, 0) is 92.8 Å². The lowest BCUT2D eigenvalue weighted by Crippen LogP contribution is -2.45. The van der Waals surface area contributed by atoms with Crippen LogP contribution in [-0.4, -0.2) is 34.2 Å². The lowest BCUT2D eigenvalue weighted by molar-refractivity contribution is 0.0796.